The second-order valence-corrected chi connectivity index (χ2v) is 17.7. The fourth-order valence-corrected chi connectivity index (χ4v) is 8.58. The zero-order valence-electron chi connectivity index (χ0n) is 34.0. The lowest BCUT2D eigenvalue weighted by atomic mass is 9.85. The highest BCUT2D eigenvalue weighted by atomic mass is 32.2. The molecule has 3 N–H and O–H groups in total. The van der Waals surface area contributed by atoms with E-state index in [0.29, 0.717) is 19.5 Å². The van der Waals surface area contributed by atoms with Crippen LogP contribution in [-0.4, -0.2) is 71.9 Å². The molecule has 2 aromatic carbocycles. The van der Waals surface area contributed by atoms with Crippen LogP contribution >= 0.6 is 11.8 Å². The Morgan fingerprint density at radius 3 is 1.74 bits per heavy atom. The summed E-state index contributed by atoms with van der Waals surface area (Å²) in [6, 6.07) is 18.7. The summed E-state index contributed by atoms with van der Waals surface area (Å²) in [6.07, 6.45) is 19.4. The SMILES string of the molecule is CCCCCCCCCCCCCCCCS[C@H]1C[C@@H](C(=O)NCC(c2ccccc2)c2ccccc2)N(C(=O)[C@@H](NC(=O)[C@H](C)NC)C(C)(C)C)C1. The molecule has 0 radical (unpaired) electrons. The van der Waals surface area contributed by atoms with Crippen LogP contribution in [0.3, 0.4) is 0 Å². The number of likely N-dealkylation sites (tertiary alicyclic amines) is 1. The maximum atomic E-state index is 14.4. The minimum absolute atomic E-state index is 0.0120. The molecule has 53 heavy (non-hydrogen) atoms. The largest absolute Gasteiger partial charge is 0.353 e. The fourth-order valence-electron chi connectivity index (χ4n) is 7.29. The van der Waals surface area contributed by atoms with Crippen LogP contribution < -0.4 is 16.0 Å². The highest BCUT2D eigenvalue weighted by Crippen LogP contribution is 2.32. The Morgan fingerprint density at radius 1 is 0.774 bits per heavy atom. The molecule has 0 spiro atoms. The predicted molar refractivity (Wildman–Crippen MR) is 224 cm³/mol. The third kappa shape index (κ3) is 15.8. The van der Waals surface area contributed by atoms with Crippen LogP contribution in [0.15, 0.2) is 60.7 Å². The van der Waals surface area contributed by atoms with Gasteiger partial charge in [0.25, 0.3) is 0 Å². The standard InChI is InChI=1S/C45H72N4O3S/c1-7-8-9-10-11-12-13-14-15-16-17-18-19-26-31-53-38-32-40(49(34-38)44(52)41(45(3,4)5)48-42(50)35(2)46-6)43(51)47-33-39(36-27-22-20-23-28-36)37-29-24-21-25-30-37/h20-25,27-30,35,38-41,46H,7-19,26,31-34H2,1-6H3,(H,47,51)(H,48,50)/t35-,38-,40-,41+/m0/s1. The zero-order valence-corrected chi connectivity index (χ0v) is 34.8. The molecule has 3 rings (SSSR count). The molecule has 0 unspecified atom stereocenters. The molecule has 1 fully saturated rings. The van der Waals surface area contributed by atoms with Crippen molar-refractivity contribution in [2.75, 3.05) is 25.9 Å². The molecule has 1 aliphatic rings. The second kappa shape index (κ2) is 24.5. The van der Waals surface area contributed by atoms with Gasteiger partial charge in [-0.15, -0.1) is 0 Å². The van der Waals surface area contributed by atoms with Gasteiger partial charge < -0.3 is 20.9 Å². The van der Waals surface area contributed by atoms with Gasteiger partial charge in [-0.25, -0.2) is 0 Å². The number of nitrogens with zero attached hydrogens (tertiary/aromatic N) is 1. The fraction of sp³-hybridized carbons (Fsp3) is 0.667. The van der Waals surface area contributed by atoms with Gasteiger partial charge in [-0.1, -0.05) is 172 Å². The molecule has 0 aromatic heterocycles. The maximum absolute atomic E-state index is 14.4. The Labute approximate surface area is 327 Å². The van der Waals surface area contributed by atoms with E-state index < -0.39 is 23.5 Å². The number of rotatable bonds is 25. The highest BCUT2D eigenvalue weighted by molar-refractivity contribution is 7.99. The first-order valence-electron chi connectivity index (χ1n) is 20.8. The summed E-state index contributed by atoms with van der Waals surface area (Å²) < 4.78 is 0. The molecule has 0 aliphatic carbocycles. The summed E-state index contributed by atoms with van der Waals surface area (Å²) in [5, 5.41) is 9.42. The van der Waals surface area contributed by atoms with Crippen molar-refractivity contribution in [2.24, 2.45) is 5.41 Å². The van der Waals surface area contributed by atoms with E-state index in [0.717, 1.165) is 23.3 Å². The molecule has 1 heterocycles. The van der Waals surface area contributed by atoms with Crippen molar-refractivity contribution in [3.63, 3.8) is 0 Å². The Bertz CT molecular complexity index is 1280. The van der Waals surface area contributed by atoms with E-state index in [1.807, 2.05) is 68.9 Å². The predicted octanol–water partition coefficient (Wildman–Crippen LogP) is 9.26. The van der Waals surface area contributed by atoms with Crippen molar-refractivity contribution in [1.82, 2.24) is 20.9 Å². The summed E-state index contributed by atoms with van der Waals surface area (Å²) in [5.41, 5.74) is 1.73. The first-order chi connectivity index (χ1) is 25.6. The van der Waals surface area contributed by atoms with Gasteiger partial charge in [0.15, 0.2) is 0 Å². The number of nitrogens with one attached hydrogen (secondary N) is 3. The summed E-state index contributed by atoms with van der Waals surface area (Å²) in [4.78, 5) is 43.3. The monoisotopic (exact) mass is 749 g/mol. The molecule has 8 heteroatoms. The van der Waals surface area contributed by atoms with Crippen LogP contribution in [0.25, 0.3) is 0 Å². The number of unbranched alkanes of at least 4 members (excludes halogenated alkanes) is 13. The molecule has 4 atom stereocenters. The van der Waals surface area contributed by atoms with Crippen molar-refractivity contribution in [3.8, 4) is 0 Å². The molecule has 3 amide bonds. The molecule has 0 saturated carbocycles. The first kappa shape index (κ1) is 44.6. The quantitative estimate of drug-likeness (QED) is 0.0882. The van der Waals surface area contributed by atoms with E-state index in [1.165, 1.54) is 83.5 Å². The Morgan fingerprint density at radius 2 is 1.26 bits per heavy atom. The van der Waals surface area contributed by atoms with Crippen LogP contribution in [-0.2, 0) is 14.4 Å². The minimum atomic E-state index is -0.753. The van der Waals surface area contributed by atoms with Crippen LogP contribution in [0.1, 0.15) is 148 Å². The number of thioether (sulfide) groups is 1. The third-order valence-corrected chi connectivity index (χ3v) is 12.1. The van der Waals surface area contributed by atoms with Crippen LogP contribution in [0.2, 0.25) is 0 Å². The number of hydrogen-bond acceptors (Lipinski definition) is 5. The van der Waals surface area contributed by atoms with Crippen LogP contribution in [0.5, 0.6) is 0 Å². The normalized spacial score (nSPS) is 17.2. The summed E-state index contributed by atoms with van der Waals surface area (Å²) in [5.74, 6) is 0.483. The van der Waals surface area contributed by atoms with Crippen molar-refractivity contribution in [2.45, 2.75) is 160 Å². The van der Waals surface area contributed by atoms with E-state index in [4.69, 9.17) is 0 Å². The maximum Gasteiger partial charge on any atom is 0.246 e. The van der Waals surface area contributed by atoms with Crippen molar-refractivity contribution in [3.05, 3.63) is 71.8 Å². The van der Waals surface area contributed by atoms with E-state index in [1.54, 1.807) is 18.9 Å². The van der Waals surface area contributed by atoms with Gasteiger partial charge >= 0.3 is 0 Å². The number of carbonyl (C=O) groups is 3. The van der Waals surface area contributed by atoms with Crippen LogP contribution in [0, 0.1) is 5.41 Å². The molecule has 1 saturated heterocycles. The lowest BCUT2D eigenvalue weighted by Gasteiger charge is -2.36. The number of amides is 3. The molecule has 0 bridgehead atoms. The topological polar surface area (TPSA) is 90.5 Å². The van der Waals surface area contributed by atoms with E-state index >= 15 is 0 Å². The third-order valence-electron chi connectivity index (χ3n) is 10.8. The molecular formula is C45H72N4O3S. The first-order valence-corrected chi connectivity index (χ1v) is 21.9. The second-order valence-electron chi connectivity index (χ2n) is 16.3. The summed E-state index contributed by atoms with van der Waals surface area (Å²) >= 11 is 1.90. The molecule has 296 valence electrons. The summed E-state index contributed by atoms with van der Waals surface area (Å²) in [7, 11) is 1.73. The lowest BCUT2D eigenvalue weighted by molar-refractivity contribution is -0.144. The molecule has 2 aromatic rings. The average molecular weight is 749 g/mol. The van der Waals surface area contributed by atoms with Crippen LogP contribution in [0.4, 0.5) is 0 Å². The van der Waals surface area contributed by atoms with Gasteiger partial charge in [-0.05, 0) is 49.1 Å². The Kier molecular flexibility index (Phi) is 20.6. The van der Waals surface area contributed by atoms with Gasteiger partial charge in [0, 0.05) is 24.3 Å². The number of likely N-dealkylation sites (N-methyl/N-ethyl adjacent to an activating group) is 1. The zero-order chi connectivity index (χ0) is 38.5. The number of benzene rings is 2. The smallest absolute Gasteiger partial charge is 0.246 e. The van der Waals surface area contributed by atoms with Gasteiger partial charge in [0.2, 0.25) is 17.7 Å². The number of carbonyl (C=O) groups excluding carboxylic acids is 3. The average Bonchev–Trinajstić information content (AvgIpc) is 3.59. The van der Waals surface area contributed by atoms with Crippen molar-refractivity contribution >= 4 is 29.5 Å². The van der Waals surface area contributed by atoms with E-state index in [-0.39, 0.29) is 28.9 Å². The van der Waals surface area contributed by atoms with Gasteiger partial charge in [-0.2, -0.15) is 11.8 Å². The molecular weight excluding hydrogens is 677 g/mol. The molecule has 1 aliphatic heterocycles. The van der Waals surface area contributed by atoms with Gasteiger partial charge in [0.1, 0.15) is 12.1 Å². The number of hydrogen-bond donors (Lipinski definition) is 3. The highest BCUT2D eigenvalue weighted by Gasteiger charge is 2.45. The van der Waals surface area contributed by atoms with E-state index in [2.05, 4.69) is 47.1 Å². The lowest BCUT2D eigenvalue weighted by Crippen LogP contribution is -2.59. The molecule has 7 nitrogen and oxygen atoms in total. The van der Waals surface area contributed by atoms with Crippen molar-refractivity contribution < 1.29 is 14.4 Å². The van der Waals surface area contributed by atoms with Gasteiger partial charge in [-0.3, -0.25) is 14.4 Å². The van der Waals surface area contributed by atoms with Crippen molar-refractivity contribution in [1.29, 1.82) is 0 Å². The Balaban J connectivity index is 1.58. The summed E-state index contributed by atoms with van der Waals surface area (Å²) in [6.45, 7) is 10.9. The Hall–Kier alpha value is -2.84. The minimum Gasteiger partial charge on any atom is -0.353 e. The van der Waals surface area contributed by atoms with E-state index in [9.17, 15) is 14.4 Å². The van der Waals surface area contributed by atoms with Gasteiger partial charge in [0.05, 0.1) is 6.04 Å².